The van der Waals surface area contributed by atoms with Crippen LogP contribution in [0.3, 0.4) is 0 Å². The van der Waals surface area contributed by atoms with Crippen molar-refractivity contribution in [3.63, 3.8) is 0 Å². The number of para-hydroxylation sites is 2. The number of aryl methyl sites for hydroxylation is 1. The van der Waals surface area contributed by atoms with Crippen LogP contribution in [0.1, 0.15) is 37.5 Å². The van der Waals surface area contributed by atoms with E-state index in [9.17, 15) is 0 Å². The predicted molar refractivity (Wildman–Crippen MR) is 135 cm³/mol. The van der Waals surface area contributed by atoms with Crippen molar-refractivity contribution in [3.05, 3.63) is 77.4 Å². The van der Waals surface area contributed by atoms with E-state index in [4.69, 9.17) is 9.47 Å². The highest BCUT2D eigenvalue weighted by molar-refractivity contribution is 5.88. The summed E-state index contributed by atoms with van der Waals surface area (Å²) in [7, 11) is 3.43. The quantitative estimate of drug-likeness (QED) is 0.448. The second-order valence-corrected chi connectivity index (χ2v) is 8.95. The minimum atomic E-state index is -0.0903. The van der Waals surface area contributed by atoms with Crippen LogP contribution in [-0.4, -0.2) is 19.8 Å². The molecule has 0 unspecified atom stereocenters. The van der Waals surface area contributed by atoms with Crippen molar-refractivity contribution in [2.45, 2.75) is 39.8 Å². The van der Waals surface area contributed by atoms with Gasteiger partial charge in [-0.15, -0.1) is 0 Å². The van der Waals surface area contributed by atoms with Crippen LogP contribution >= 0.6 is 0 Å². The molecule has 4 nitrogen and oxygen atoms in total. The van der Waals surface area contributed by atoms with Crippen LogP contribution in [0.5, 0.6) is 11.5 Å². The van der Waals surface area contributed by atoms with Gasteiger partial charge in [-0.1, -0.05) is 35.9 Å². The maximum atomic E-state index is 5.74. The summed E-state index contributed by atoms with van der Waals surface area (Å²) >= 11 is 0. The Bertz CT molecular complexity index is 1180. The Morgan fingerprint density at radius 1 is 0.875 bits per heavy atom. The monoisotopic (exact) mass is 428 g/mol. The van der Waals surface area contributed by atoms with Gasteiger partial charge >= 0.3 is 0 Å². The van der Waals surface area contributed by atoms with Crippen LogP contribution in [0.2, 0.25) is 0 Å². The van der Waals surface area contributed by atoms with Gasteiger partial charge in [0.25, 0.3) is 0 Å². The normalized spacial score (nSPS) is 14.1. The molecule has 32 heavy (non-hydrogen) atoms. The van der Waals surface area contributed by atoms with E-state index in [1.807, 2.05) is 30.3 Å². The van der Waals surface area contributed by atoms with Gasteiger partial charge in [0, 0.05) is 23.4 Å². The zero-order valence-electron chi connectivity index (χ0n) is 19.8. The van der Waals surface area contributed by atoms with Crippen LogP contribution in [0, 0.1) is 6.92 Å². The highest BCUT2D eigenvalue weighted by Gasteiger charge is 2.26. The van der Waals surface area contributed by atoms with Crippen molar-refractivity contribution in [2.24, 2.45) is 0 Å². The molecule has 3 aromatic carbocycles. The van der Waals surface area contributed by atoms with E-state index in [0.717, 1.165) is 28.4 Å². The minimum absolute atomic E-state index is 0.0903. The number of benzene rings is 3. The molecule has 1 heterocycles. The number of rotatable bonds is 6. The molecule has 0 aliphatic carbocycles. The van der Waals surface area contributed by atoms with Gasteiger partial charge in [0.2, 0.25) is 0 Å². The number of ether oxygens (including phenoxy) is 2. The van der Waals surface area contributed by atoms with Gasteiger partial charge in [0.15, 0.2) is 0 Å². The summed E-state index contributed by atoms with van der Waals surface area (Å²) in [4.78, 5) is 0. The van der Waals surface area contributed by atoms with Crippen molar-refractivity contribution in [2.75, 3.05) is 24.9 Å². The summed E-state index contributed by atoms with van der Waals surface area (Å²) in [6, 6.07) is 18.8. The van der Waals surface area contributed by atoms with E-state index in [2.05, 4.69) is 68.7 Å². The lowest BCUT2D eigenvalue weighted by atomic mass is 9.84. The Morgan fingerprint density at radius 3 is 2.38 bits per heavy atom. The molecule has 4 heteroatoms. The summed E-state index contributed by atoms with van der Waals surface area (Å²) in [5.74, 6) is 1.71. The van der Waals surface area contributed by atoms with E-state index >= 15 is 0 Å². The molecule has 4 rings (SSSR count). The minimum Gasteiger partial charge on any atom is -0.496 e. The topological polar surface area (TPSA) is 42.5 Å². The first-order valence-corrected chi connectivity index (χ1v) is 11.0. The van der Waals surface area contributed by atoms with Crippen molar-refractivity contribution in [1.29, 1.82) is 0 Å². The second kappa shape index (κ2) is 8.62. The molecule has 3 aromatic rings. The molecule has 1 aliphatic heterocycles. The standard InChI is InChI=1S/C28H32N2O2/c1-18-11-14-25(31-5)21(15-18)20-12-13-24-27(19(2)16-28(3,4)30-24)22(20)17-29-23-9-7-8-10-26(23)32-6/h7-16,29-30H,17H2,1-6H3. The lowest BCUT2D eigenvalue weighted by molar-refractivity contribution is 0.416. The van der Waals surface area contributed by atoms with Crippen LogP contribution in [0.25, 0.3) is 16.7 Å². The summed E-state index contributed by atoms with van der Waals surface area (Å²) in [5.41, 5.74) is 9.26. The predicted octanol–water partition coefficient (Wildman–Crippen LogP) is 6.90. The average molecular weight is 429 g/mol. The SMILES string of the molecule is COc1ccccc1NCc1c(-c2cc(C)ccc2OC)ccc2c1C(C)=CC(C)(C)N2. The van der Waals surface area contributed by atoms with E-state index in [1.165, 1.54) is 27.8 Å². The van der Waals surface area contributed by atoms with Gasteiger partial charge in [-0.05, 0) is 74.7 Å². The molecule has 0 bridgehead atoms. The van der Waals surface area contributed by atoms with Gasteiger partial charge in [-0.25, -0.2) is 0 Å². The molecule has 0 spiro atoms. The fourth-order valence-electron chi connectivity index (χ4n) is 4.64. The Kier molecular flexibility index (Phi) is 5.88. The Morgan fingerprint density at radius 2 is 1.62 bits per heavy atom. The fraction of sp³-hybridized carbons (Fsp3) is 0.286. The third-order valence-electron chi connectivity index (χ3n) is 5.95. The van der Waals surface area contributed by atoms with E-state index in [1.54, 1.807) is 14.2 Å². The molecule has 1 aliphatic rings. The van der Waals surface area contributed by atoms with Crippen LogP contribution in [0.4, 0.5) is 11.4 Å². The summed E-state index contributed by atoms with van der Waals surface area (Å²) in [5, 5.41) is 7.30. The average Bonchev–Trinajstić information content (AvgIpc) is 2.76. The van der Waals surface area contributed by atoms with Crippen molar-refractivity contribution >= 4 is 16.9 Å². The molecule has 166 valence electrons. The van der Waals surface area contributed by atoms with E-state index in [0.29, 0.717) is 6.54 Å². The number of hydrogen-bond donors (Lipinski definition) is 2. The lowest BCUT2D eigenvalue weighted by Crippen LogP contribution is -2.32. The highest BCUT2D eigenvalue weighted by atomic mass is 16.5. The number of nitrogens with one attached hydrogen (secondary N) is 2. The maximum Gasteiger partial charge on any atom is 0.141 e. The van der Waals surface area contributed by atoms with Crippen LogP contribution in [0.15, 0.2) is 60.7 Å². The van der Waals surface area contributed by atoms with E-state index in [-0.39, 0.29) is 5.54 Å². The molecule has 0 atom stereocenters. The number of hydrogen-bond acceptors (Lipinski definition) is 4. The molecule has 0 amide bonds. The van der Waals surface area contributed by atoms with Crippen LogP contribution in [-0.2, 0) is 6.54 Å². The van der Waals surface area contributed by atoms with E-state index < -0.39 is 0 Å². The van der Waals surface area contributed by atoms with Gasteiger partial charge in [0.05, 0.1) is 25.4 Å². The molecule has 0 fully saturated rings. The summed E-state index contributed by atoms with van der Waals surface area (Å²) in [6.45, 7) is 9.37. The van der Waals surface area contributed by atoms with Gasteiger partial charge in [-0.2, -0.15) is 0 Å². The Labute approximate surface area is 191 Å². The molecule has 0 saturated carbocycles. The Hall–Kier alpha value is -3.40. The number of methoxy groups -OCH3 is 2. The first kappa shape index (κ1) is 21.8. The van der Waals surface area contributed by atoms with Crippen molar-refractivity contribution in [1.82, 2.24) is 0 Å². The first-order valence-electron chi connectivity index (χ1n) is 11.0. The largest absolute Gasteiger partial charge is 0.496 e. The van der Waals surface area contributed by atoms with Crippen molar-refractivity contribution < 1.29 is 9.47 Å². The fourth-order valence-corrected chi connectivity index (χ4v) is 4.64. The number of fused-ring (bicyclic) bond motifs is 1. The lowest BCUT2D eigenvalue weighted by Gasteiger charge is -2.33. The number of allylic oxidation sites excluding steroid dienone is 1. The second-order valence-electron chi connectivity index (χ2n) is 8.95. The number of anilines is 2. The summed E-state index contributed by atoms with van der Waals surface area (Å²) < 4.78 is 11.3. The zero-order chi connectivity index (χ0) is 22.9. The van der Waals surface area contributed by atoms with Crippen molar-refractivity contribution in [3.8, 4) is 22.6 Å². The summed E-state index contributed by atoms with van der Waals surface area (Å²) in [6.07, 6.45) is 2.30. The van der Waals surface area contributed by atoms with Crippen LogP contribution < -0.4 is 20.1 Å². The molecular weight excluding hydrogens is 396 g/mol. The zero-order valence-corrected chi connectivity index (χ0v) is 19.8. The highest BCUT2D eigenvalue weighted by Crippen LogP contribution is 2.43. The maximum absolute atomic E-state index is 5.74. The van der Waals surface area contributed by atoms with Gasteiger partial charge < -0.3 is 20.1 Å². The molecule has 0 aromatic heterocycles. The Balaban J connectivity index is 1.88. The molecule has 2 N–H and O–H groups in total. The molecular formula is C28H32N2O2. The third-order valence-corrected chi connectivity index (χ3v) is 5.95. The van der Waals surface area contributed by atoms with Gasteiger partial charge in [0.1, 0.15) is 11.5 Å². The third kappa shape index (κ3) is 4.18. The smallest absolute Gasteiger partial charge is 0.141 e. The van der Waals surface area contributed by atoms with Gasteiger partial charge in [-0.3, -0.25) is 0 Å². The molecule has 0 radical (unpaired) electrons. The first-order chi connectivity index (χ1) is 15.3. The molecule has 0 saturated heterocycles.